The molecular weight excluding hydrogens is 378 g/mol. The summed E-state index contributed by atoms with van der Waals surface area (Å²) in [6.45, 7) is 12.6. The Balaban J connectivity index is 2.93. The molecule has 1 saturated heterocycles. The number of carbonyl (C=O) groups excluding carboxylic acids is 3. The van der Waals surface area contributed by atoms with Crippen molar-refractivity contribution in [1.82, 2.24) is 5.32 Å². The first-order valence-electron chi connectivity index (χ1n) is 10.4. The number of unbranched alkanes of at least 4 members (excludes halogenated alkanes) is 1. The van der Waals surface area contributed by atoms with Crippen molar-refractivity contribution in [3.63, 3.8) is 0 Å². The number of alkyl carbamates (subject to hydrolysis) is 1. The highest BCUT2D eigenvalue weighted by molar-refractivity contribution is 5.81. The molecular formula is C21H37NO7. The largest absolute Gasteiger partial charge is 0.461 e. The third kappa shape index (κ3) is 9.02. The maximum atomic E-state index is 12.6. The molecule has 1 heterocycles. The number of cyclic esters (lactones) is 1. The molecule has 0 radical (unpaired) electrons. The Labute approximate surface area is 174 Å². The normalized spacial score (nSPS) is 26.0. The number of esters is 2. The SMILES string of the molecule is CCCC[C@H]1[C@H](C)OC(=O)[C@@H](NC(=O)OC(C)(C)C)COC[C@@H]1OC(=O)C(C)C. The van der Waals surface area contributed by atoms with Gasteiger partial charge >= 0.3 is 18.0 Å². The van der Waals surface area contributed by atoms with Gasteiger partial charge in [-0.1, -0.05) is 33.6 Å². The van der Waals surface area contributed by atoms with Gasteiger partial charge in [-0.05, 0) is 34.1 Å². The van der Waals surface area contributed by atoms with Gasteiger partial charge in [-0.15, -0.1) is 0 Å². The molecule has 0 bridgehead atoms. The Hall–Kier alpha value is -1.83. The van der Waals surface area contributed by atoms with Crippen LogP contribution in [0.3, 0.4) is 0 Å². The Morgan fingerprint density at radius 3 is 2.45 bits per heavy atom. The van der Waals surface area contributed by atoms with Crippen molar-refractivity contribution in [2.45, 2.75) is 91.6 Å². The van der Waals surface area contributed by atoms with Crippen LogP contribution in [0.2, 0.25) is 0 Å². The van der Waals surface area contributed by atoms with E-state index in [9.17, 15) is 14.4 Å². The van der Waals surface area contributed by atoms with E-state index in [0.29, 0.717) is 0 Å². The zero-order chi connectivity index (χ0) is 22.2. The minimum Gasteiger partial charge on any atom is -0.461 e. The van der Waals surface area contributed by atoms with Crippen LogP contribution in [-0.2, 0) is 28.5 Å². The molecule has 1 fully saturated rings. The second-order valence-electron chi connectivity index (χ2n) is 8.81. The van der Waals surface area contributed by atoms with Gasteiger partial charge in [0.2, 0.25) is 0 Å². The molecule has 8 heteroatoms. The first kappa shape index (κ1) is 25.2. The average Bonchev–Trinajstić information content (AvgIpc) is 2.62. The molecule has 0 unspecified atom stereocenters. The van der Waals surface area contributed by atoms with Crippen LogP contribution in [0.15, 0.2) is 0 Å². The van der Waals surface area contributed by atoms with Crippen molar-refractivity contribution in [2.24, 2.45) is 11.8 Å². The van der Waals surface area contributed by atoms with Crippen molar-refractivity contribution in [1.29, 1.82) is 0 Å². The van der Waals surface area contributed by atoms with Crippen LogP contribution in [0, 0.1) is 11.8 Å². The van der Waals surface area contributed by atoms with Gasteiger partial charge in [-0.3, -0.25) is 4.79 Å². The summed E-state index contributed by atoms with van der Waals surface area (Å²) in [5, 5.41) is 2.50. The summed E-state index contributed by atoms with van der Waals surface area (Å²) in [6, 6.07) is -1.00. The predicted octanol–water partition coefficient (Wildman–Crippen LogP) is 3.22. The number of hydrogen-bond donors (Lipinski definition) is 1. The molecule has 0 spiro atoms. The van der Waals surface area contributed by atoms with E-state index in [1.54, 1.807) is 41.5 Å². The Bertz CT molecular complexity index is 556. The Kier molecular flexibility index (Phi) is 9.89. The Morgan fingerprint density at radius 1 is 1.24 bits per heavy atom. The lowest BCUT2D eigenvalue weighted by Crippen LogP contribution is -2.47. The zero-order valence-electron chi connectivity index (χ0n) is 18.8. The molecule has 29 heavy (non-hydrogen) atoms. The number of nitrogens with one attached hydrogen (secondary N) is 1. The van der Waals surface area contributed by atoms with E-state index < -0.39 is 35.9 Å². The number of carbonyl (C=O) groups is 3. The van der Waals surface area contributed by atoms with E-state index in [-0.39, 0.29) is 31.0 Å². The second-order valence-corrected chi connectivity index (χ2v) is 8.81. The van der Waals surface area contributed by atoms with Gasteiger partial charge in [0.05, 0.1) is 19.1 Å². The Morgan fingerprint density at radius 2 is 1.90 bits per heavy atom. The summed E-state index contributed by atoms with van der Waals surface area (Å²) in [5.74, 6) is -1.38. The highest BCUT2D eigenvalue weighted by Crippen LogP contribution is 2.25. The van der Waals surface area contributed by atoms with Crippen LogP contribution in [0.4, 0.5) is 4.79 Å². The molecule has 1 aliphatic heterocycles. The van der Waals surface area contributed by atoms with Gasteiger partial charge < -0.3 is 24.3 Å². The maximum Gasteiger partial charge on any atom is 0.408 e. The molecule has 1 N–H and O–H groups in total. The van der Waals surface area contributed by atoms with Crippen LogP contribution >= 0.6 is 0 Å². The van der Waals surface area contributed by atoms with Gasteiger partial charge in [0, 0.05) is 5.92 Å². The molecule has 0 saturated carbocycles. The topological polar surface area (TPSA) is 100 Å². The van der Waals surface area contributed by atoms with E-state index in [0.717, 1.165) is 19.3 Å². The van der Waals surface area contributed by atoms with Gasteiger partial charge in [0.25, 0.3) is 0 Å². The summed E-state index contributed by atoms with van der Waals surface area (Å²) in [5.41, 5.74) is -0.692. The molecule has 0 aromatic carbocycles. The fourth-order valence-corrected chi connectivity index (χ4v) is 2.97. The summed E-state index contributed by atoms with van der Waals surface area (Å²) in [6.07, 6.45) is 0.852. The first-order valence-corrected chi connectivity index (χ1v) is 10.4. The fourth-order valence-electron chi connectivity index (χ4n) is 2.97. The number of hydrogen-bond acceptors (Lipinski definition) is 7. The first-order chi connectivity index (χ1) is 13.4. The van der Waals surface area contributed by atoms with Gasteiger partial charge in [-0.2, -0.15) is 0 Å². The van der Waals surface area contributed by atoms with E-state index in [1.807, 2.05) is 0 Å². The predicted molar refractivity (Wildman–Crippen MR) is 107 cm³/mol. The summed E-state index contributed by atoms with van der Waals surface area (Å²) >= 11 is 0. The lowest BCUT2D eigenvalue weighted by atomic mass is 9.91. The lowest BCUT2D eigenvalue weighted by Gasteiger charge is -2.30. The molecule has 1 aliphatic rings. The molecule has 0 aromatic heterocycles. The van der Waals surface area contributed by atoms with Crippen LogP contribution in [0.1, 0.15) is 67.7 Å². The molecule has 0 aliphatic carbocycles. The maximum absolute atomic E-state index is 12.6. The van der Waals surface area contributed by atoms with Crippen molar-refractivity contribution in [3.05, 3.63) is 0 Å². The smallest absolute Gasteiger partial charge is 0.408 e. The fraction of sp³-hybridized carbons (Fsp3) is 0.857. The van der Waals surface area contributed by atoms with E-state index >= 15 is 0 Å². The molecule has 1 rings (SSSR count). The van der Waals surface area contributed by atoms with Crippen LogP contribution in [0.5, 0.6) is 0 Å². The lowest BCUT2D eigenvalue weighted by molar-refractivity contribution is -0.165. The van der Waals surface area contributed by atoms with E-state index in [1.165, 1.54) is 0 Å². The van der Waals surface area contributed by atoms with Crippen molar-refractivity contribution in [2.75, 3.05) is 13.2 Å². The highest BCUT2D eigenvalue weighted by atomic mass is 16.6. The average molecular weight is 416 g/mol. The van der Waals surface area contributed by atoms with Crippen molar-refractivity contribution in [3.8, 4) is 0 Å². The summed E-state index contributed by atoms with van der Waals surface area (Å²) in [4.78, 5) is 36.8. The van der Waals surface area contributed by atoms with Crippen LogP contribution < -0.4 is 5.32 Å². The highest BCUT2D eigenvalue weighted by Gasteiger charge is 2.37. The minimum absolute atomic E-state index is 0.0962. The number of rotatable bonds is 6. The van der Waals surface area contributed by atoms with E-state index in [4.69, 9.17) is 18.9 Å². The van der Waals surface area contributed by atoms with Crippen LogP contribution in [0.25, 0.3) is 0 Å². The monoisotopic (exact) mass is 415 g/mol. The molecule has 1 amide bonds. The van der Waals surface area contributed by atoms with E-state index in [2.05, 4.69) is 12.2 Å². The second kappa shape index (κ2) is 11.4. The molecule has 4 atom stereocenters. The number of amides is 1. The van der Waals surface area contributed by atoms with Gasteiger partial charge in [0.1, 0.15) is 17.8 Å². The van der Waals surface area contributed by atoms with Gasteiger partial charge in [-0.25, -0.2) is 9.59 Å². The standard InChI is InChI=1S/C21H37NO7/c1-8-9-10-15-14(4)27-19(24)16(22-20(25)29-21(5,6)7)11-26-12-17(15)28-18(23)13(2)3/h13-17H,8-12H2,1-7H3,(H,22,25)/t14-,15-,16-,17-/m0/s1. The number of ether oxygens (including phenoxy) is 4. The third-order valence-electron chi connectivity index (χ3n) is 4.55. The quantitative estimate of drug-likeness (QED) is 0.525. The third-order valence-corrected chi connectivity index (χ3v) is 4.55. The van der Waals surface area contributed by atoms with Gasteiger partial charge in [0.15, 0.2) is 6.04 Å². The zero-order valence-corrected chi connectivity index (χ0v) is 18.8. The molecule has 168 valence electrons. The van der Waals surface area contributed by atoms with Crippen LogP contribution in [-0.4, -0.2) is 55.1 Å². The van der Waals surface area contributed by atoms with Crippen molar-refractivity contribution >= 4 is 18.0 Å². The molecule has 0 aromatic rings. The minimum atomic E-state index is -1.00. The van der Waals surface area contributed by atoms with Crippen molar-refractivity contribution < 1.29 is 33.3 Å². The summed E-state index contributed by atoms with van der Waals surface area (Å²) in [7, 11) is 0. The summed E-state index contributed by atoms with van der Waals surface area (Å²) < 4.78 is 22.2. The molecule has 8 nitrogen and oxygen atoms in total.